The molecule has 0 aromatic rings. The first-order valence-corrected chi connectivity index (χ1v) is 7.40. The Balaban J connectivity index is 2.03. The van der Waals surface area contributed by atoms with Crippen molar-refractivity contribution in [2.75, 3.05) is 7.11 Å². The zero-order valence-corrected chi connectivity index (χ0v) is 12.2. The molecule has 18 heavy (non-hydrogen) atoms. The molecule has 0 N–H and O–H groups in total. The maximum atomic E-state index is 12.2. The van der Waals surface area contributed by atoms with Gasteiger partial charge in [0, 0.05) is 24.4 Å². The molecule has 2 bridgehead atoms. The number of fused-ring (bicyclic) bond motifs is 1. The van der Waals surface area contributed by atoms with Crippen LogP contribution in [-0.4, -0.2) is 19.0 Å². The van der Waals surface area contributed by atoms with Gasteiger partial charge in [0.25, 0.3) is 0 Å². The molecule has 0 radical (unpaired) electrons. The summed E-state index contributed by atoms with van der Waals surface area (Å²) in [5.41, 5.74) is 0.619. The lowest BCUT2D eigenvalue weighted by Gasteiger charge is -2.55. The second-order valence-corrected chi connectivity index (χ2v) is 7.90. The van der Waals surface area contributed by atoms with E-state index in [1.165, 1.54) is 12.8 Å². The Hall–Kier alpha value is -0.370. The second kappa shape index (κ2) is 3.59. The van der Waals surface area contributed by atoms with Crippen molar-refractivity contribution in [3.8, 4) is 0 Å². The quantitative estimate of drug-likeness (QED) is 0.711. The average molecular weight is 250 g/mol. The summed E-state index contributed by atoms with van der Waals surface area (Å²) in [7, 11) is 1.86. The first-order valence-electron chi connectivity index (χ1n) is 7.40. The van der Waals surface area contributed by atoms with Crippen LogP contribution < -0.4 is 0 Å². The Kier molecular flexibility index (Phi) is 2.53. The number of hydrogen-bond donors (Lipinski definition) is 0. The van der Waals surface area contributed by atoms with Crippen LogP contribution in [-0.2, 0) is 9.53 Å². The molecular weight excluding hydrogens is 224 g/mol. The SMILES string of the molecule is CO[C@H]1CC(C)(C)[C@@H]2CC[C@@]3(C)C[C@]12CCC3=O. The monoisotopic (exact) mass is 250 g/mol. The fourth-order valence-corrected chi connectivity index (χ4v) is 5.65. The Bertz CT molecular complexity index is 387. The van der Waals surface area contributed by atoms with Crippen molar-refractivity contribution in [1.82, 2.24) is 0 Å². The van der Waals surface area contributed by atoms with Gasteiger partial charge in [0.2, 0.25) is 0 Å². The Morgan fingerprint density at radius 3 is 2.61 bits per heavy atom. The minimum Gasteiger partial charge on any atom is -0.381 e. The van der Waals surface area contributed by atoms with E-state index in [-0.39, 0.29) is 5.41 Å². The lowest BCUT2D eigenvalue weighted by Crippen LogP contribution is -2.52. The summed E-state index contributed by atoms with van der Waals surface area (Å²) >= 11 is 0. The maximum Gasteiger partial charge on any atom is 0.138 e. The van der Waals surface area contributed by atoms with Crippen molar-refractivity contribution in [2.45, 2.75) is 65.4 Å². The molecule has 0 unspecified atom stereocenters. The van der Waals surface area contributed by atoms with E-state index in [1.54, 1.807) is 0 Å². The molecule has 0 aromatic carbocycles. The molecule has 0 saturated heterocycles. The smallest absolute Gasteiger partial charge is 0.138 e. The minimum absolute atomic E-state index is 0.0497. The van der Waals surface area contributed by atoms with Gasteiger partial charge in [-0.05, 0) is 43.4 Å². The fourth-order valence-electron chi connectivity index (χ4n) is 5.65. The first-order chi connectivity index (χ1) is 8.34. The molecule has 102 valence electrons. The molecule has 3 rings (SSSR count). The summed E-state index contributed by atoms with van der Waals surface area (Å²) in [5, 5.41) is 0. The topological polar surface area (TPSA) is 26.3 Å². The highest BCUT2D eigenvalue weighted by Crippen LogP contribution is 2.68. The Labute approximate surface area is 110 Å². The number of Topliss-reactive ketones (excluding diaryl/α,β-unsaturated/α-hetero) is 1. The molecule has 3 aliphatic carbocycles. The van der Waals surface area contributed by atoms with Gasteiger partial charge in [0.05, 0.1) is 6.10 Å². The van der Waals surface area contributed by atoms with E-state index in [0.29, 0.717) is 22.7 Å². The summed E-state index contributed by atoms with van der Waals surface area (Å²) in [5.74, 6) is 1.25. The van der Waals surface area contributed by atoms with E-state index in [4.69, 9.17) is 4.74 Å². The highest BCUT2D eigenvalue weighted by molar-refractivity contribution is 5.85. The number of ketones is 1. The van der Waals surface area contributed by atoms with Crippen LogP contribution in [0.5, 0.6) is 0 Å². The predicted octanol–water partition coefficient (Wildman–Crippen LogP) is 3.59. The third-order valence-corrected chi connectivity index (χ3v) is 6.47. The summed E-state index contributed by atoms with van der Waals surface area (Å²) < 4.78 is 5.86. The van der Waals surface area contributed by atoms with E-state index < -0.39 is 0 Å². The zero-order valence-electron chi connectivity index (χ0n) is 12.2. The van der Waals surface area contributed by atoms with Crippen LogP contribution in [0.2, 0.25) is 0 Å². The summed E-state index contributed by atoms with van der Waals surface area (Å²) in [4.78, 5) is 12.2. The van der Waals surface area contributed by atoms with Gasteiger partial charge < -0.3 is 4.74 Å². The lowest BCUT2D eigenvalue weighted by molar-refractivity contribution is -0.151. The van der Waals surface area contributed by atoms with Crippen LogP contribution in [0.1, 0.15) is 59.3 Å². The highest BCUT2D eigenvalue weighted by Gasteiger charge is 2.65. The Morgan fingerprint density at radius 2 is 1.94 bits per heavy atom. The van der Waals surface area contributed by atoms with Gasteiger partial charge in [-0.2, -0.15) is 0 Å². The lowest BCUT2D eigenvalue weighted by atomic mass is 9.49. The molecule has 0 amide bonds. The van der Waals surface area contributed by atoms with E-state index in [1.807, 2.05) is 7.11 Å². The Morgan fingerprint density at radius 1 is 1.22 bits per heavy atom. The first kappa shape index (κ1) is 12.7. The molecule has 3 fully saturated rings. The minimum atomic E-state index is -0.0497. The predicted molar refractivity (Wildman–Crippen MR) is 71.3 cm³/mol. The molecule has 0 heterocycles. The largest absolute Gasteiger partial charge is 0.381 e. The fraction of sp³-hybridized carbons (Fsp3) is 0.938. The third kappa shape index (κ3) is 1.41. The summed E-state index contributed by atoms with van der Waals surface area (Å²) in [6.45, 7) is 7.00. The van der Waals surface area contributed by atoms with Gasteiger partial charge in [-0.25, -0.2) is 0 Å². The van der Waals surface area contributed by atoms with E-state index >= 15 is 0 Å². The zero-order chi connectivity index (χ0) is 13.2. The number of ether oxygens (including phenoxy) is 1. The van der Waals surface area contributed by atoms with Gasteiger partial charge in [0.15, 0.2) is 0 Å². The van der Waals surface area contributed by atoms with Crippen LogP contribution in [0.15, 0.2) is 0 Å². The number of carbonyl (C=O) groups is 1. The van der Waals surface area contributed by atoms with E-state index in [2.05, 4.69) is 20.8 Å². The molecule has 2 nitrogen and oxygen atoms in total. The van der Waals surface area contributed by atoms with Crippen molar-refractivity contribution >= 4 is 5.78 Å². The van der Waals surface area contributed by atoms with Crippen molar-refractivity contribution in [1.29, 1.82) is 0 Å². The van der Waals surface area contributed by atoms with Gasteiger partial charge >= 0.3 is 0 Å². The van der Waals surface area contributed by atoms with Crippen LogP contribution >= 0.6 is 0 Å². The van der Waals surface area contributed by atoms with Crippen LogP contribution in [0.3, 0.4) is 0 Å². The number of carbonyl (C=O) groups excluding carboxylic acids is 1. The van der Waals surface area contributed by atoms with Crippen LogP contribution in [0.4, 0.5) is 0 Å². The van der Waals surface area contributed by atoms with Gasteiger partial charge in [0.1, 0.15) is 5.78 Å². The second-order valence-electron chi connectivity index (χ2n) is 7.90. The number of hydrogen-bond acceptors (Lipinski definition) is 2. The third-order valence-electron chi connectivity index (χ3n) is 6.47. The summed E-state index contributed by atoms with van der Waals surface area (Å²) in [6.07, 6.45) is 6.76. The van der Waals surface area contributed by atoms with Crippen LogP contribution in [0.25, 0.3) is 0 Å². The molecule has 0 aromatic heterocycles. The van der Waals surface area contributed by atoms with Gasteiger partial charge in [-0.3, -0.25) is 4.79 Å². The van der Waals surface area contributed by atoms with E-state index in [0.717, 1.165) is 31.6 Å². The molecule has 1 spiro atoms. The average Bonchev–Trinajstić information content (AvgIpc) is 2.52. The molecule has 0 aliphatic heterocycles. The molecule has 2 heteroatoms. The normalized spacial score (nSPS) is 50.1. The molecule has 4 atom stereocenters. The summed E-state index contributed by atoms with van der Waals surface area (Å²) in [6, 6.07) is 0. The van der Waals surface area contributed by atoms with Crippen LogP contribution in [0, 0.1) is 22.2 Å². The molecule has 3 saturated carbocycles. The van der Waals surface area contributed by atoms with Gasteiger partial charge in [-0.15, -0.1) is 0 Å². The number of methoxy groups -OCH3 is 1. The van der Waals surface area contributed by atoms with Gasteiger partial charge in [-0.1, -0.05) is 20.8 Å². The van der Waals surface area contributed by atoms with Crippen molar-refractivity contribution in [3.63, 3.8) is 0 Å². The van der Waals surface area contributed by atoms with E-state index in [9.17, 15) is 4.79 Å². The van der Waals surface area contributed by atoms with Crippen molar-refractivity contribution < 1.29 is 9.53 Å². The maximum absolute atomic E-state index is 12.2. The standard InChI is InChI=1S/C16H26O2/c1-14(2)9-13(18-4)16-8-6-12(17)15(3,10-16)7-5-11(14)16/h11,13H,5-10H2,1-4H3/t11-,13-,15-,16-/m0/s1. The highest BCUT2D eigenvalue weighted by atomic mass is 16.5. The molecule has 3 aliphatic rings. The number of rotatable bonds is 1. The molecular formula is C16H26O2. The van der Waals surface area contributed by atoms with Crippen molar-refractivity contribution in [2.24, 2.45) is 22.2 Å². The van der Waals surface area contributed by atoms with Crippen molar-refractivity contribution in [3.05, 3.63) is 0 Å².